The monoisotopic (exact) mass is 737 g/mol. The van der Waals surface area contributed by atoms with Crippen LogP contribution < -0.4 is 0 Å². The zero-order valence-corrected chi connectivity index (χ0v) is 36.2. The summed E-state index contributed by atoms with van der Waals surface area (Å²) in [5.41, 5.74) is 0. The maximum absolute atomic E-state index is 11.6. The van der Waals surface area contributed by atoms with Gasteiger partial charge in [-0.1, -0.05) is 252 Å². The van der Waals surface area contributed by atoms with Crippen molar-refractivity contribution < 1.29 is 19.4 Å². The van der Waals surface area contributed by atoms with Gasteiger partial charge in [-0.25, -0.2) is 0 Å². The molecule has 0 fully saturated rings. The van der Waals surface area contributed by atoms with Crippen LogP contribution in [0.1, 0.15) is 285 Å². The lowest BCUT2D eigenvalue weighted by molar-refractivity contribution is -0.144. The molecular formula is C48H96O4. The number of esters is 1. The van der Waals surface area contributed by atoms with E-state index in [0.29, 0.717) is 13.0 Å². The Morgan fingerprint density at radius 1 is 0.365 bits per heavy atom. The van der Waals surface area contributed by atoms with Crippen molar-refractivity contribution in [2.45, 2.75) is 285 Å². The molecule has 0 aromatic rings. The topological polar surface area (TPSA) is 63.6 Å². The minimum absolute atomic E-state index is 0.0104. The van der Waals surface area contributed by atoms with Crippen molar-refractivity contribution in [1.82, 2.24) is 0 Å². The number of ether oxygens (including phenoxy) is 1. The highest BCUT2D eigenvalue weighted by Gasteiger charge is 2.16. The highest BCUT2D eigenvalue weighted by Crippen LogP contribution is 2.20. The Kier molecular flexibility index (Phi) is 48.9. The van der Waals surface area contributed by atoms with Crippen molar-refractivity contribution in [2.24, 2.45) is 5.92 Å². The normalized spacial score (nSPS) is 11.7. The Labute approximate surface area is 327 Å². The number of carboxylic acids is 1. The standard InChI is InChI=1S/2C24H48O2/c1-3-5-7-9-10-11-12-13-14-15-16-17-18-20-22-23(24(25)26)21-19-8-6-4-2;1-3-5-7-9-10-11-12-13-14-15-16-17-19-21-23-26-24(25)22-20-18-8-6-4-2/h23H,3-22H2,1-2H3,(H,25,26);3-23H2,1-2H3. The molecule has 0 saturated carbocycles. The van der Waals surface area contributed by atoms with Crippen LogP contribution in [0.25, 0.3) is 0 Å². The average Bonchev–Trinajstić information content (AvgIpc) is 3.14. The number of hydrogen-bond donors (Lipinski definition) is 1. The van der Waals surface area contributed by atoms with Crippen LogP contribution in [0.15, 0.2) is 0 Å². The van der Waals surface area contributed by atoms with Crippen LogP contribution in [0.4, 0.5) is 0 Å². The summed E-state index contributed by atoms with van der Waals surface area (Å²) in [4.78, 5) is 22.9. The molecule has 0 amide bonds. The summed E-state index contributed by atoms with van der Waals surface area (Å²) in [6, 6.07) is 0. The molecule has 0 radical (unpaired) electrons. The number of carboxylic acid groups (broad SMARTS) is 1. The lowest BCUT2D eigenvalue weighted by Crippen LogP contribution is -2.13. The van der Waals surface area contributed by atoms with E-state index in [4.69, 9.17) is 4.74 Å². The Morgan fingerprint density at radius 2 is 0.615 bits per heavy atom. The van der Waals surface area contributed by atoms with E-state index >= 15 is 0 Å². The van der Waals surface area contributed by atoms with Gasteiger partial charge in [-0.2, -0.15) is 0 Å². The molecule has 0 aromatic carbocycles. The largest absolute Gasteiger partial charge is 0.481 e. The molecule has 0 aromatic heterocycles. The highest BCUT2D eigenvalue weighted by molar-refractivity contribution is 5.69. The van der Waals surface area contributed by atoms with Gasteiger partial charge >= 0.3 is 11.9 Å². The summed E-state index contributed by atoms with van der Waals surface area (Å²) >= 11 is 0. The van der Waals surface area contributed by atoms with Crippen LogP contribution in [0.3, 0.4) is 0 Å². The third-order valence-corrected chi connectivity index (χ3v) is 10.9. The summed E-state index contributed by atoms with van der Waals surface area (Å²) in [5, 5.41) is 9.33. The molecule has 0 rings (SSSR count). The lowest BCUT2D eigenvalue weighted by Gasteiger charge is -2.12. The molecule has 1 atom stereocenters. The Bertz CT molecular complexity index is 675. The van der Waals surface area contributed by atoms with Gasteiger partial charge in [0, 0.05) is 6.42 Å². The van der Waals surface area contributed by atoms with E-state index in [9.17, 15) is 14.7 Å². The molecule has 52 heavy (non-hydrogen) atoms. The van der Waals surface area contributed by atoms with E-state index in [1.807, 2.05) is 0 Å². The molecule has 1 N–H and O–H groups in total. The van der Waals surface area contributed by atoms with Gasteiger partial charge < -0.3 is 9.84 Å². The van der Waals surface area contributed by atoms with Gasteiger partial charge in [-0.05, 0) is 25.7 Å². The summed E-state index contributed by atoms with van der Waals surface area (Å²) in [6.07, 6.45) is 51.2. The quantitative estimate of drug-likeness (QED) is 0.0501. The van der Waals surface area contributed by atoms with E-state index in [0.717, 1.165) is 38.5 Å². The molecule has 0 saturated heterocycles. The summed E-state index contributed by atoms with van der Waals surface area (Å²) in [5.74, 6) is -0.656. The molecule has 1 unspecified atom stereocenters. The first-order valence-electron chi connectivity index (χ1n) is 23.9. The molecule has 0 spiro atoms. The number of hydrogen-bond acceptors (Lipinski definition) is 3. The molecule has 0 aliphatic carbocycles. The van der Waals surface area contributed by atoms with E-state index in [1.165, 1.54) is 212 Å². The minimum Gasteiger partial charge on any atom is -0.481 e. The van der Waals surface area contributed by atoms with E-state index < -0.39 is 5.97 Å². The number of unbranched alkanes of at least 4 members (excludes halogenated alkanes) is 33. The highest BCUT2D eigenvalue weighted by atomic mass is 16.5. The van der Waals surface area contributed by atoms with Crippen molar-refractivity contribution >= 4 is 11.9 Å². The third kappa shape index (κ3) is 47.0. The second-order valence-corrected chi connectivity index (χ2v) is 16.3. The summed E-state index contributed by atoms with van der Waals surface area (Å²) < 4.78 is 5.32. The number of carbonyl (C=O) groups is 2. The van der Waals surface area contributed by atoms with Gasteiger partial charge in [0.15, 0.2) is 0 Å². The van der Waals surface area contributed by atoms with Crippen molar-refractivity contribution in [1.29, 1.82) is 0 Å². The van der Waals surface area contributed by atoms with Gasteiger partial charge in [0.1, 0.15) is 0 Å². The molecule has 4 nitrogen and oxygen atoms in total. The molecule has 0 heterocycles. The molecule has 0 aliphatic heterocycles. The second-order valence-electron chi connectivity index (χ2n) is 16.3. The molecule has 0 bridgehead atoms. The van der Waals surface area contributed by atoms with Crippen LogP contribution >= 0.6 is 0 Å². The summed E-state index contributed by atoms with van der Waals surface area (Å²) in [7, 11) is 0. The van der Waals surface area contributed by atoms with Gasteiger partial charge in [0.25, 0.3) is 0 Å². The van der Waals surface area contributed by atoms with E-state index in [-0.39, 0.29) is 11.9 Å². The van der Waals surface area contributed by atoms with Crippen LogP contribution in [0.2, 0.25) is 0 Å². The minimum atomic E-state index is -0.573. The van der Waals surface area contributed by atoms with Crippen molar-refractivity contribution in [2.75, 3.05) is 6.61 Å². The Hall–Kier alpha value is -1.06. The van der Waals surface area contributed by atoms with Gasteiger partial charge in [-0.15, -0.1) is 0 Å². The fourth-order valence-electron chi connectivity index (χ4n) is 7.22. The summed E-state index contributed by atoms with van der Waals surface area (Å²) in [6.45, 7) is 9.60. The molecule has 0 aliphatic rings. The second kappa shape index (κ2) is 48.0. The number of rotatable bonds is 42. The van der Waals surface area contributed by atoms with Gasteiger partial charge in [-0.3, -0.25) is 9.59 Å². The Morgan fingerprint density at radius 3 is 0.923 bits per heavy atom. The molecular weight excluding hydrogens is 641 g/mol. The van der Waals surface area contributed by atoms with Gasteiger partial charge in [0.05, 0.1) is 12.5 Å². The fourth-order valence-corrected chi connectivity index (χ4v) is 7.22. The van der Waals surface area contributed by atoms with E-state index in [2.05, 4.69) is 27.7 Å². The first-order chi connectivity index (χ1) is 25.5. The predicted octanol–water partition coefficient (Wildman–Crippen LogP) is 16.9. The maximum atomic E-state index is 11.6. The molecule has 4 heteroatoms. The number of carbonyl (C=O) groups excluding carboxylic acids is 1. The zero-order valence-electron chi connectivity index (χ0n) is 36.2. The van der Waals surface area contributed by atoms with Crippen LogP contribution in [0, 0.1) is 5.92 Å². The smallest absolute Gasteiger partial charge is 0.306 e. The fraction of sp³-hybridized carbons (Fsp3) is 0.958. The zero-order chi connectivity index (χ0) is 38.4. The van der Waals surface area contributed by atoms with E-state index in [1.54, 1.807) is 0 Å². The average molecular weight is 737 g/mol. The number of aliphatic carboxylic acids is 1. The Balaban J connectivity index is 0. The first-order valence-corrected chi connectivity index (χ1v) is 23.9. The SMILES string of the molecule is CCCCCCCCCCCCCCCCC(CCCCCC)C(=O)O.CCCCCCCCCCCCCCCCOC(=O)CCCCCCC. The van der Waals surface area contributed by atoms with Crippen LogP contribution in [-0.4, -0.2) is 23.7 Å². The molecule has 312 valence electrons. The maximum Gasteiger partial charge on any atom is 0.306 e. The van der Waals surface area contributed by atoms with Crippen molar-refractivity contribution in [3.63, 3.8) is 0 Å². The predicted molar refractivity (Wildman–Crippen MR) is 229 cm³/mol. The van der Waals surface area contributed by atoms with Crippen LogP contribution in [-0.2, 0) is 14.3 Å². The first kappa shape index (κ1) is 53.0. The van der Waals surface area contributed by atoms with Gasteiger partial charge in [0.2, 0.25) is 0 Å². The lowest BCUT2D eigenvalue weighted by atomic mass is 9.94. The van der Waals surface area contributed by atoms with Crippen molar-refractivity contribution in [3.05, 3.63) is 0 Å². The van der Waals surface area contributed by atoms with Crippen LogP contribution in [0.5, 0.6) is 0 Å². The third-order valence-electron chi connectivity index (χ3n) is 10.9. The van der Waals surface area contributed by atoms with Crippen molar-refractivity contribution in [3.8, 4) is 0 Å².